The van der Waals surface area contributed by atoms with Crippen LogP contribution in [0.1, 0.15) is 25.0 Å². The molecule has 1 unspecified atom stereocenters. The molecule has 0 saturated heterocycles. The first-order valence-corrected chi connectivity index (χ1v) is 12.2. The smallest absolute Gasteiger partial charge is 0.243 e. The molecule has 3 rings (SSSR count). The van der Waals surface area contributed by atoms with Crippen LogP contribution in [0.5, 0.6) is 17.2 Å². The van der Waals surface area contributed by atoms with Crippen LogP contribution in [-0.2, 0) is 32.5 Å². The molecule has 1 amide bonds. The Morgan fingerprint density at radius 2 is 1.68 bits per heavy atom. The van der Waals surface area contributed by atoms with Gasteiger partial charge in [-0.25, -0.2) is 8.42 Å². The summed E-state index contributed by atoms with van der Waals surface area (Å²) < 4.78 is 43.2. The number of carbonyl (C=O) groups is 2. The van der Waals surface area contributed by atoms with Crippen LogP contribution in [0.15, 0.2) is 35.2 Å². The fraction of sp³-hybridized carbons (Fsp3) is 0.417. The number of benzene rings is 2. The van der Waals surface area contributed by atoms with Gasteiger partial charge in [0.1, 0.15) is 0 Å². The molecule has 9 nitrogen and oxygen atoms in total. The van der Waals surface area contributed by atoms with Gasteiger partial charge in [-0.2, -0.15) is 4.31 Å². The summed E-state index contributed by atoms with van der Waals surface area (Å²) in [6.45, 7) is 3.11. The minimum atomic E-state index is -3.90. The van der Waals surface area contributed by atoms with Gasteiger partial charge in [-0.05, 0) is 54.8 Å². The molecule has 1 aliphatic heterocycles. The number of ketones is 1. The molecule has 0 saturated carbocycles. The van der Waals surface area contributed by atoms with E-state index in [4.69, 9.17) is 14.2 Å². The number of sulfonamides is 1. The second kappa shape index (κ2) is 10.0. The quantitative estimate of drug-likeness (QED) is 0.532. The molecular formula is C24H30N2O7S. The first-order valence-electron chi connectivity index (χ1n) is 10.7. The second-order valence-electron chi connectivity index (χ2n) is 8.24. The molecule has 0 spiro atoms. The van der Waals surface area contributed by atoms with Crippen molar-refractivity contribution in [2.24, 2.45) is 0 Å². The number of hydrogen-bond donors (Lipinski definition) is 0. The molecular weight excluding hydrogens is 460 g/mol. The van der Waals surface area contributed by atoms with Gasteiger partial charge >= 0.3 is 0 Å². The van der Waals surface area contributed by atoms with Crippen LogP contribution in [-0.4, -0.2) is 65.4 Å². The Bertz CT molecular complexity index is 1180. The van der Waals surface area contributed by atoms with E-state index in [2.05, 4.69) is 0 Å². The number of anilines is 1. The molecule has 1 aliphatic rings. The number of rotatable bonds is 9. The summed E-state index contributed by atoms with van der Waals surface area (Å²) in [4.78, 5) is 26.4. The molecule has 0 N–H and O–H groups in total. The fourth-order valence-corrected chi connectivity index (χ4v) is 5.49. The number of carbonyl (C=O) groups excluding carboxylic acids is 2. The molecule has 0 fully saturated rings. The summed E-state index contributed by atoms with van der Waals surface area (Å²) in [7, 11) is 1.93. The molecule has 2 aromatic carbocycles. The van der Waals surface area contributed by atoms with E-state index in [9.17, 15) is 18.0 Å². The molecule has 0 aliphatic carbocycles. The molecule has 1 heterocycles. The van der Waals surface area contributed by atoms with Crippen molar-refractivity contribution in [1.29, 1.82) is 0 Å². The number of fused-ring (bicyclic) bond motifs is 1. The van der Waals surface area contributed by atoms with E-state index in [1.807, 2.05) is 6.92 Å². The van der Waals surface area contributed by atoms with E-state index in [0.29, 0.717) is 29.2 Å². The minimum Gasteiger partial charge on any atom is -0.493 e. The number of nitrogens with zero attached hydrogens (tertiary/aromatic N) is 2. The third kappa shape index (κ3) is 4.88. The Kier molecular flexibility index (Phi) is 7.52. The zero-order chi connectivity index (χ0) is 25.2. The lowest BCUT2D eigenvalue weighted by molar-refractivity contribution is -0.118. The highest BCUT2D eigenvalue weighted by atomic mass is 32.2. The van der Waals surface area contributed by atoms with Crippen molar-refractivity contribution in [2.75, 3.05) is 39.8 Å². The average Bonchev–Trinajstić information content (AvgIpc) is 3.13. The van der Waals surface area contributed by atoms with E-state index >= 15 is 0 Å². The lowest BCUT2D eigenvalue weighted by Gasteiger charge is -2.21. The summed E-state index contributed by atoms with van der Waals surface area (Å²) in [5.41, 5.74) is 2.13. The summed E-state index contributed by atoms with van der Waals surface area (Å²) in [6.07, 6.45) is 0.563. The van der Waals surface area contributed by atoms with E-state index < -0.39 is 10.0 Å². The van der Waals surface area contributed by atoms with Crippen molar-refractivity contribution in [1.82, 2.24) is 4.31 Å². The van der Waals surface area contributed by atoms with Crippen molar-refractivity contribution in [3.8, 4) is 17.2 Å². The Morgan fingerprint density at radius 1 is 1.06 bits per heavy atom. The standard InChI is InChI=1S/C24H30N2O7S/c1-15-9-18-13-20(7-8-21(18)26(15)16(2)27)34(29,30)25(3)14-19(28)10-17-11-22(31-4)24(33-6)23(12-17)32-5/h7-8,11-13,15H,9-10,14H2,1-6H3. The number of methoxy groups -OCH3 is 3. The van der Waals surface area contributed by atoms with Gasteiger partial charge in [-0.15, -0.1) is 0 Å². The molecule has 0 radical (unpaired) electrons. The summed E-state index contributed by atoms with van der Waals surface area (Å²) in [5, 5.41) is 0. The Balaban J connectivity index is 1.77. The van der Waals surface area contributed by atoms with Crippen LogP contribution in [0.4, 0.5) is 5.69 Å². The maximum Gasteiger partial charge on any atom is 0.243 e. The van der Waals surface area contributed by atoms with Crippen LogP contribution in [0.3, 0.4) is 0 Å². The second-order valence-corrected chi connectivity index (χ2v) is 10.3. The Morgan fingerprint density at radius 3 is 2.21 bits per heavy atom. The maximum atomic E-state index is 13.1. The van der Waals surface area contributed by atoms with Gasteiger partial charge in [0.25, 0.3) is 0 Å². The molecule has 184 valence electrons. The molecule has 2 aromatic rings. The molecule has 34 heavy (non-hydrogen) atoms. The number of likely N-dealkylation sites (N-methyl/N-ethyl adjacent to an activating group) is 1. The lowest BCUT2D eigenvalue weighted by Crippen LogP contribution is -2.33. The fourth-order valence-electron chi connectivity index (χ4n) is 4.28. The van der Waals surface area contributed by atoms with Gasteiger partial charge in [0.05, 0.1) is 32.8 Å². The van der Waals surface area contributed by atoms with Crippen molar-refractivity contribution in [2.45, 2.75) is 37.6 Å². The van der Waals surface area contributed by atoms with E-state index in [0.717, 1.165) is 15.6 Å². The third-order valence-electron chi connectivity index (χ3n) is 5.84. The summed E-state index contributed by atoms with van der Waals surface area (Å²) in [5.74, 6) is 0.861. The highest BCUT2D eigenvalue weighted by molar-refractivity contribution is 7.89. The van der Waals surface area contributed by atoms with Crippen molar-refractivity contribution >= 4 is 27.4 Å². The van der Waals surface area contributed by atoms with Crippen LogP contribution in [0.2, 0.25) is 0 Å². The van der Waals surface area contributed by atoms with Crippen molar-refractivity contribution in [3.63, 3.8) is 0 Å². The predicted molar refractivity (Wildman–Crippen MR) is 127 cm³/mol. The number of ether oxygens (including phenoxy) is 3. The zero-order valence-electron chi connectivity index (χ0n) is 20.2. The van der Waals surface area contributed by atoms with Gasteiger partial charge in [0.2, 0.25) is 21.7 Å². The molecule has 1 atom stereocenters. The normalized spacial score (nSPS) is 15.3. The van der Waals surface area contributed by atoms with Crippen LogP contribution < -0.4 is 19.1 Å². The Hall–Kier alpha value is -3.11. The SMILES string of the molecule is COc1cc(CC(=O)CN(C)S(=O)(=O)c2ccc3c(c2)CC(C)N3C(C)=O)cc(OC)c1OC. The highest BCUT2D eigenvalue weighted by Crippen LogP contribution is 2.38. The van der Waals surface area contributed by atoms with Gasteiger partial charge in [-0.1, -0.05) is 0 Å². The molecule has 0 aromatic heterocycles. The first-order chi connectivity index (χ1) is 16.0. The Labute approximate surface area is 200 Å². The zero-order valence-corrected chi connectivity index (χ0v) is 21.1. The minimum absolute atomic E-state index is 0.00809. The van der Waals surface area contributed by atoms with Gasteiger partial charge in [0, 0.05) is 32.1 Å². The van der Waals surface area contributed by atoms with Crippen molar-refractivity contribution < 1.29 is 32.2 Å². The van der Waals surface area contributed by atoms with Gasteiger partial charge < -0.3 is 19.1 Å². The lowest BCUT2D eigenvalue weighted by atomic mass is 10.1. The van der Waals surface area contributed by atoms with E-state index in [-0.39, 0.29) is 35.6 Å². The average molecular weight is 491 g/mol. The first kappa shape index (κ1) is 25.5. The highest BCUT2D eigenvalue weighted by Gasteiger charge is 2.31. The van der Waals surface area contributed by atoms with Crippen LogP contribution in [0.25, 0.3) is 0 Å². The molecule has 0 bridgehead atoms. The number of hydrogen-bond acceptors (Lipinski definition) is 7. The van der Waals surface area contributed by atoms with Crippen LogP contribution in [0, 0.1) is 0 Å². The largest absolute Gasteiger partial charge is 0.493 e. The third-order valence-corrected chi connectivity index (χ3v) is 7.64. The monoisotopic (exact) mass is 490 g/mol. The maximum absolute atomic E-state index is 13.1. The molecule has 10 heteroatoms. The van der Waals surface area contributed by atoms with Crippen LogP contribution >= 0.6 is 0 Å². The van der Waals surface area contributed by atoms with Crippen molar-refractivity contribution in [3.05, 3.63) is 41.5 Å². The predicted octanol–water partition coefficient (Wildman–Crippen LogP) is 2.44. The number of Topliss-reactive ketones (excluding diaryl/α,β-unsaturated/α-hetero) is 1. The van der Waals surface area contributed by atoms with Gasteiger partial charge in [-0.3, -0.25) is 9.59 Å². The van der Waals surface area contributed by atoms with E-state index in [1.165, 1.54) is 41.4 Å². The van der Waals surface area contributed by atoms with Gasteiger partial charge in [0.15, 0.2) is 17.3 Å². The topological polar surface area (TPSA) is 102 Å². The van der Waals surface area contributed by atoms with E-state index in [1.54, 1.807) is 29.2 Å². The number of amides is 1. The summed E-state index contributed by atoms with van der Waals surface area (Å²) in [6, 6.07) is 8.00. The summed E-state index contributed by atoms with van der Waals surface area (Å²) >= 11 is 0.